The molecule has 0 spiro atoms. The molecule has 19 heteroatoms. The van der Waals surface area contributed by atoms with E-state index >= 15 is 0 Å². The van der Waals surface area contributed by atoms with E-state index in [9.17, 15) is 44.1 Å². The molecule has 0 fully saturated rings. The number of carbonyl (C=O) groups is 2. The van der Waals surface area contributed by atoms with Crippen LogP contribution in [0.25, 0.3) is 0 Å². The SMILES string of the molecule is CC(=O)N(N/N=C(\C)c1cccc(/C(C)=N\N)n1)C(C)=O.F[B-](F)(F)F.F[B-](F)(F)F.[Cu+2]. The molecular weight excluding hydrogens is 509 g/mol. The number of rotatable bonds is 4. The number of pyridine rings is 1. The molecule has 1 aromatic heterocycles. The molecule has 0 atom stereocenters. The molecule has 0 aliphatic heterocycles. The van der Waals surface area contributed by atoms with Crippen molar-refractivity contribution in [2.45, 2.75) is 27.7 Å². The average molecular weight is 527 g/mol. The van der Waals surface area contributed by atoms with E-state index in [4.69, 9.17) is 5.84 Å². The number of amides is 2. The third kappa shape index (κ3) is 20.6. The Balaban J connectivity index is -0.000000640. The maximum absolute atomic E-state index is 11.2. The predicted octanol–water partition coefficient (Wildman–Crippen LogP) is 2.99. The van der Waals surface area contributed by atoms with Gasteiger partial charge in [0.25, 0.3) is 0 Å². The Labute approximate surface area is 188 Å². The number of imide groups is 1. The van der Waals surface area contributed by atoms with Crippen LogP contribution in [0.1, 0.15) is 39.1 Å². The summed E-state index contributed by atoms with van der Waals surface area (Å²) in [4.78, 5) is 26.8. The molecule has 0 aliphatic rings. The van der Waals surface area contributed by atoms with Gasteiger partial charge in [-0.3, -0.25) is 9.59 Å². The van der Waals surface area contributed by atoms with Crippen molar-refractivity contribution in [1.29, 1.82) is 0 Å². The van der Waals surface area contributed by atoms with Crippen molar-refractivity contribution in [1.82, 2.24) is 15.5 Å². The van der Waals surface area contributed by atoms with Crippen molar-refractivity contribution in [3.8, 4) is 0 Å². The molecule has 1 rings (SSSR count). The van der Waals surface area contributed by atoms with Gasteiger partial charge in [0.2, 0.25) is 11.8 Å². The van der Waals surface area contributed by atoms with Gasteiger partial charge in [0, 0.05) is 13.8 Å². The van der Waals surface area contributed by atoms with Crippen LogP contribution in [-0.2, 0) is 26.7 Å². The van der Waals surface area contributed by atoms with Crippen LogP contribution < -0.4 is 11.4 Å². The Bertz CT molecular complexity index is 769. The second kappa shape index (κ2) is 15.2. The van der Waals surface area contributed by atoms with Gasteiger partial charge >= 0.3 is 31.6 Å². The second-order valence-electron chi connectivity index (χ2n) is 5.28. The van der Waals surface area contributed by atoms with Gasteiger partial charge in [0.15, 0.2) is 0 Å². The van der Waals surface area contributed by atoms with E-state index in [-0.39, 0.29) is 17.1 Å². The van der Waals surface area contributed by atoms with Gasteiger partial charge in [-0.1, -0.05) is 6.07 Å². The predicted molar refractivity (Wildman–Crippen MR) is 99.6 cm³/mol. The molecule has 1 aromatic rings. The molecule has 1 radical (unpaired) electrons. The number of halogens is 8. The first kappa shape index (κ1) is 33.9. The number of nitrogens with zero attached hydrogens (tertiary/aromatic N) is 4. The minimum absolute atomic E-state index is 0. The van der Waals surface area contributed by atoms with Crippen LogP contribution in [-0.4, -0.2) is 47.7 Å². The van der Waals surface area contributed by atoms with Crippen LogP contribution >= 0.6 is 0 Å². The number of hydrazine groups is 1. The van der Waals surface area contributed by atoms with Crippen molar-refractivity contribution < 1.29 is 61.2 Å². The zero-order valence-corrected chi connectivity index (χ0v) is 17.8. The molecule has 0 aromatic carbocycles. The summed E-state index contributed by atoms with van der Waals surface area (Å²) < 4.78 is 78.0. The minimum Gasteiger partial charge on any atom is -0.418 e. The van der Waals surface area contributed by atoms with E-state index in [1.807, 2.05) is 0 Å². The number of nitrogens with two attached hydrogens (primary N) is 1. The molecule has 3 N–H and O–H groups in total. The number of hydrogen-bond acceptors (Lipinski definition) is 7. The Morgan fingerprint density at radius 3 is 1.53 bits per heavy atom. The third-order valence-electron chi connectivity index (χ3n) is 2.63. The molecule has 0 unspecified atom stereocenters. The summed E-state index contributed by atoms with van der Waals surface area (Å²) in [7, 11) is -12.0. The quantitative estimate of drug-likeness (QED) is 0.206. The fourth-order valence-corrected chi connectivity index (χ4v) is 1.45. The van der Waals surface area contributed by atoms with E-state index in [1.165, 1.54) is 13.8 Å². The molecule has 2 amide bonds. The van der Waals surface area contributed by atoms with Crippen molar-refractivity contribution in [3.05, 3.63) is 29.6 Å². The number of hydrogen-bond donors (Lipinski definition) is 2. The van der Waals surface area contributed by atoms with Crippen molar-refractivity contribution >= 4 is 37.7 Å². The van der Waals surface area contributed by atoms with Gasteiger partial charge in [-0.2, -0.15) is 15.2 Å². The van der Waals surface area contributed by atoms with Crippen LogP contribution in [0.15, 0.2) is 28.4 Å². The van der Waals surface area contributed by atoms with Gasteiger partial charge in [-0.05, 0) is 26.0 Å². The Hall–Kier alpha value is -2.68. The van der Waals surface area contributed by atoms with E-state index in [0.29, 0.717) is 22.8 Å². The molecule has 32 heavy (non-hydrogen) atoms. The summed E-state index contributed by atoms with van der Waals surface area (Å²) >= 11 is 0. The van der Waals surface area contributed by atoms with E-state index in [2.05, 4.69) is 20.7 Å². The van der Waals surface area contributed by atoms with Crippen LogP contribution in [0.3, 0.4) is 0 Å². The van der Waals surface area contributed by atoms with Gasteiger partial charge in [0.05, 0.1) is 22.8 Å². The molecular formula is C13H18B2CuF8N6O2. The second-order valence-corrected chi connectivity index (χ2v) is 5.28. The maximum Gasteiger partial charge on any atom is 2.00 e. The summed E-state index contributed by atoms with van der Waals surface area (Å²) in [6, 6.07) is 5.31. The average Bonchev–Trinajstić information content (AvgIpc) is 2.57. The molecule has 0 aliphatic carbocycles. The van der Waals surface area contributed by atoms with Crippen molar-refractivity contribution in [2.75, 3.05) is 0 Å². The molecule has 0 saturated carbocycles. The van der Waals surface area contributed by atoms with Crippen LogP contribution in [0.2, 0.25) is 0 Å². The van der Waals surface area contributed by atoms with Gasteiger partial charge < -0.3 is 40.4 Å². The number of nitrogens with one attached hydrogen (secondary N) is 1. The first-order valence-corrected chi connectivity index (χ1v) is 7.95. The monoisotopic (exact) mass is 527 g/mol. The fourth-order valence-electron chi connectivity index (χ4n) is 1.45. The summed E-state index contributed by atoms with van der Waals surface area (Å²) in [6.07, 6.45) is 0. The minimum atomic E-state index is -6.00. The molecule has 0 bridgehead atoms. The van der Waals surface area contributed by atoms with Crippen LogP contribution in [0, 0.1) is 0 Å². The van der Waals surface area contributed by atoms with Crippen molar-refractivity contribution in [2.24, 2.45) is 16.0 Å². The fraction of sp³-hybridized carbons (Fsp3) is 0.308. The summed E-state index contributed by atoms with van der Waals surface area (Å²) in [5.74, 6) is 4.32. The third-order valence-corrected chi connectivity index (χ3v) is 2.63. The van der Waals surface area contributed by atoms with E-state index in [1.54, 1.807) is 32.0 Å². The Morgan fingerprint density at radius 2 is 1.22 bits per heavy atom. The number of hydrazone groups is 2. The van der Waals surface area contributed by atoms with Crippen LogP contribution in [0.5, 0.6) is 0 Å². The topological polar surface area (TPSA) is 113 Å². The molecule has 8 nitrogen and oxygen atoms in total. The number of carbonyl (C=O) groups excluding carboxylic acids is 2. The summed E-state index contributed by atoms with van der Waals surface area (Å²) in [5, 5.41) is 8.37. The standard InChI is InChI=1S/C13H18N6O2.2BF4.Cu/c1-8(16-14)12-6-5-7-13(15-12)9(2)17-18-19(10(3)20)11(4)21;2*2-1(3,4)5;/h5-7,18H,14H2,1-4H3;;;/q;2*-1;+2/b16-8-,17-9+;;;. The first-order chi connectivity index (χ1) is 13.9. The smallest absolute Gasteiger partial charge is 0.418 e. The molecule has 185 valence electrons. The molecule has 1 heterocycles. The first-order valence-electron chi connectivity index (χ1n) is 7.95. The zero-order valence-electron chi connectivity index (χ0n) is 16.9. The van der Waals surface area contributed by atoms with E-state index < -0.39 is 26.3 Å². The Kier molecular flexibility index (Phi) is 16.1. The summed E-state index contributed by atoms with van der Waals surface area (Å²) in [6.45, 7) is 5.97. The Morgan fingerprint density at radius 1 is 0.875 bits per heavy atom. The summed E-state index contributed by atoms with van der Waals surface area (Å²) in [5.41, 5.74) is 4.71. The molecule has 0 saturated heterocycles. The van der Waals surface area contributed by atoms with Crippen LogP contribution in [0.4, 0.5) is 34.5 Å². The van der Waals surface area contributed by atoms with Crippen molar-refractivity contribution in [3.63, 3.8) is 0 Å². The zero-order chi connectivity index (χ0) is 25.0. The largest absolute Gasteiger partial charge is 2.00 e. The number of aromatic nitrogens is 1. The van der Waals surface area contributed by atoms with E-state index in [0.717, 1.165) is 5.01 Å². The maximum atomic E-state index is 11.2. The van der Waals surface area contributed by atoms with Gasteiger partial charge in [0.1, 0.15) is 0 Å². The van der Waals surface area contributed by atoms with Gasteiger partial charge in [-0.25, -0.2) is 10.5 Å². The normalized spacial score (nSPS) is 11.6. The van der Waals surface area contributed by atoms with Gasteiger partial charge in [-0.15, -0.1) is 0 Å².